The maximum absolute atomic E-state index is 13.3. The maximum atomic E-state index is 13.3. The molecule has 2 aromatic rings. The Balaban J connectivity index is 1.62. The van der Waals surface area contributed by atoms with E-state index in [0.717, 1.165) is 29.7 Å². The standard InChI is InChI=1S/C20H27FN4O2S2/c1-2-22-20(23-14-16-7-6-8-17(21)13-16)24-15-18-9-10-19(28-18)29(26,27)25-11-4-3-5-12-25/h6-10,13H,2-5,11-12,14-15H2,1H3,(H2,22,23,24). The topological polar surface area (TPSA) is 73.8 Å². The molecule has 9 heteroatoms. The van der Waals surface area contributed by atoms with Crippen LogP contribution in [0, 0.1) is 5.82 Å². The van der Waals surface area contributed by atoms with Crippen LogP contribution in [0.4, 0.5) is 4.39 Å². The van der Waals surface area contributed by atoms with Crippen molar-refractivity contribution in [3.63, 3.8) is 0 Å². The van der Waals surface area contributed by atoms with E-state index < -0.39 is 10.0 Å². The quantitative estimate of drug-likeness (QED) is 0.514. The summed E-state index contributed by atoms with van der Waals surface area (Å²) in [5.41, 5.74) is 0.785. The van der Waals surface area contributed by atoms with Crippen molar-refractivity contribution >= 4 is 27.3 Å². The van der Waals surface area contributed by atoms with Gasteiger partial charge in [0.15, 0.2) is 5.96 Å². The lowest BCUT2D eigenvalue weighted by molar-refractivity contribution is 0.347. The van der Waals surface area contributed by atoms with Gasteiger partial charge >= 0.3 is 0 Å². The summed E-state index contributed by atoms with van der Waals surface area (Å²) in [6.45, 7) is 4.68. The SMILES string of the molecule is CCNC(=NCc1cccc(F)c1)NCc1ccc(S(=O)(=O)N2CCCCC2)s1. The minimum absolute atomic E-state index is 0.281. The summed E-state index contributed by atoms with van der Waals surface area (Å²) in [7, 11) is -3.40. The Hall–Kier alpha value is -1.97. The lowest BCUT2D eigenvalue weighted by atomic mass is 10.2. The van der Waals surface area contributed by atoms with Gasteiger partial charge in [-0.25, -0.2) is 17.8 Å². The van der Waals surface area contributed by atoms with Gasteiger partial charge in [0.25, 0.3) is 10.0 Å². The van der Waals surface area contributed by atoms with Crippen molar-refractivity contribution in [1.82, 2.24) is 14.9 Å². The van der Waals surface area contributed by atoms with E-state index >= 15 is 0 Å². The fourth-order valence-corrected chi connectivity index (χ4v) is 6.11. The van der Waals surface area contributed by atoms with Crippen molar-refractivity contribution in [2.75, 3.05) is 19.6 Å². The normalized spacial score (nSPS) is 16.0. The van der Waals surface area contributed by atoms with Crippen molar-refractivity contribution in [2.45, 2.75) is 43.5 Å². The maximum Gasteiger partial charge on any atom is 0.252 e. The zero-order chi connectivity index (χ0) is 20.7. The number of piperidine rings is 1. The Bertz CT molecular complexity index is 937. The number of hydrogen-bond acceptors (Lipinski definition) is 4. The summed E-state index contributed by atoms with van der Waals surface area (Å²) in [4.78, 5) is 5.39. The van der Waals surface area contributed by atoms with Crippen LogP contribution in [0.25, 0.3) is 0 Å². The second-order valence-electron chi connectivity index (χ2n) is 6.86. The molecule has 0 radical (unpaired) electrons. The molecule has 1 aromatic heterocycles. The third kappa shape index (κ3) is 6.01. The van der Waals surface area contributed by atoms with Gasteiger partial charge in [-0.15, -0.1) is 11.3 Å². The molecule has 1 aliphatic heterocycles. The molecule has 2 N–H and O–H groups in total. The van der Waals surface area contributed by atoms with Gasteiger partial charge in [0.1, 0.15) is 10.0 Å². The van der Waals surface area contributed by atoms with E-state index in [1.54, 1.807) is 16.4 Å². The number of nitrogens with zero attached hydrogens (tertiary/aromatic N) is 2. The molecule has 0 atom stereocenters. The first kappa shape index (κ1) is 21.7. The molecule has 0 bridgehead atoms. The Kier molecular flexibility index (Phi) is 7.63. The summed E-state index contributed by atoms with van der Waals surface area (Å²) < 4.78 is 40.8. The molecule has 0 amide bonds. The Labute approximate surface area is 175 Å². The number of guanidine groups is 1. The molecular weight excluding hydrogens is 411 g/mol. The minimum Gasteiger partial charge on any atom is -0.357 e. The highest BCUT2D eigenvalue weighted by molar-refractivity contribution is 7.91. The van der Waals surface area contributed by atoms with Gasteiger partial charge in [0.2, 0.25) is 0 Å². The molecule has 1 aromatic carbocycles. The summed E-state index contributed by atoms with van der Waals surface area (Å²) >= 11 is 1.29. The second kappa shape index (κ2) is 10.2. The summed E-state index contributed by atoms with van der Waals surface area (Å²) in [5.74, 6) is 0.322. The molecule has 1 saturated heterocycles. The molecule has 3 rings (SSSR count). The number of benzene rings is 1. The fraction of sp³-hybridized carbons (Fsp3) is 0.450. The molecular formula is C20H27FN4O2S2. The average Bonchev–Trinajstić information content (AvgIpc) is 3.21. The Morgan fingerprint density at radius 2 is 1.97 bits per heavy atom. The van der Waals surface area contributed by atoms with E-state index in [0.29, 0.717) is 42.9 Å². The van der Waals surface area contributed by atoms with Crippen LogP contribution in [0.5, 0.6) is 0 Å². The highest BCUT2D eigenvalue weighted by Gasteiger charge is 2.27. The van der Waals surface area contributed by atoms with Crippen molar-refractivity contribution in [1.29, 1.82) is 0 Å². The summed E-state index contributed by atoms with van der Waals surface area (Å²) in [6, 6.07) is 9.88. The van der Waals surface area contributed by atoms with Gasteiger partial charge in [-0.2, -0.15) is 4.31 Å². The number of sulfonamides is 1. The van der Waals surface area contributed by atoms with Crippen molar-refractivity contribution in [3.05, 3.63) is 52.7 Å². The van der Waals surface area contributed by atoms with Crippen LogP contribution >= 0.6 is 11.3 Å². The molecule has 2 heterocycles. The van der Waals surface area contributed by atoms with Crippen LogP contribution in [0.3, 0.4) is 0 Å². The molecule has 1 fully saturated rings. The fourth-order valence-electron chi connectivity index (χ4n) is 3.14. The van der Waals surface area contributed by atoms with E-state index in [1.807, 2.05) is 19.1 Å². The first-order chi connectivity index (χ1) is 14.0. The van der Waals surface area contributed by atoms with Gasteiger partial charge < -0.3 is 10.6 Å². The number of rotatable bonds is 7. The van der Waals surface area contributed by atoms with Crippen molar-refractivity contribution in [2.24, 2.45) is 4.99 Å². The lowest BCUT2D eigenvalue weighted by Gasteiger charge is -2.25. The molecule has 29 heavy (non-hydrogen) atoms. The summed E-state index contributed by atoms with van der Waals surface area (Å²) in [6.07, 6.45) is 2.94. The van der Waals surface area contributed by atoms with Crippen molar-refractivity contribution < 1.29 is 12.8 Å². The highest BCUT2D eigenvalue weighted by Crippen LogP contribution is 2.27. The van der Waals surface area contributed by atoms with Gasteiger partial charge in [-0.1, -0.05) is 18.6 Å². The number of aliphatic imine (C=N–C) groups is 1. The summed E-state index contributed by atoms with van der Waals surface area (Å²) in [5, 5.41) is 6.36. The van der Waals surface area contributed by atoms with Crippen LogP contribution in [0.2, 0.25) is 0 Å². The molecule has 0 spiro atoms. The van der Waals surface area contributed by atoms with Gasteiger partial charge in [0.05, 0.1) is 13.1 Å². The molecule has 1 aliphatic rings. The number of halogens is 1. The van der Waals surface area contributed by atoms with Gasteiger partial charge in [-0.3, -0.25) is 0 Å². The second-order valence-corrected chi connectivity index (χ2v) is 10.2. The molecule has 6 nitrogen and oxygen atoms in total. The van der Waals surface area contributed by atoms with E-state index in [1.165, 1.54) is 23.5 Å². The molecule has 0 aliphatic carbocycles. The molecule has 158 valence electrons. The van der Waals surface area contributed by atoms with Crippen LogP contribution in [0.15, 0.2) is 45.6 Å². The number of nitrogens with one attached hydrogen (secondary N) is 2. The number of hydrogen-bond donors (Lipinski definition) is 2. The van der Waals surface area contributed by atoms with Crippen LogP contribution in [-0.2, 0) is 23.1 Å². The van der Waals surface area contributed by atoms with Crippen molar-refractivity contribution in [3.8, 4) is 0 Å². The van der Waals surface area contributed by atoms with Crippen LogP contribution in [0.1, 0.15) is 36.6 Å². The third-order valence-electron chi connectivity index (χ3n) is 4.63. The zero-order valence-electron chi connectivity index (χ0n) is 16.5. The van der Waals surface area contributed by atoms with E-state index in [2.05, 4.69) is 15.6 Å². The predicted molar refractivity (Wildman–Crippen MR) is 115 cm³/mol. The first-order valence-corrected chi connectivity index (χ1v) is 12.1. The molecule has 0 saturated carbocycles. The largest absolute Gasteiger partial charge is 0.357 e. The smallest absolute Gasteiger partial charge is 0.252 e. The minimum atomic E-state index is -3.40. The van der Waals surface area contributed by atoms with Gasteiger partial charge in [0, 0.05) is 24.5 Å². The zero-order valence-corrected chi connectivity index (χ0v) is 18.2. The third-order valence-corrected chi connectivity index (χ3v) is 8.08. The van der Waals surface area contributed by atoms with E-state index in [-0.39, 0.29) is 5.82 Å². The predicted octanol–water partition coefficient (Wildman–Crippen LogP) is 3.32. The highest BCUT2D eigenvalue weighted by atomic mass is 32.2. The Morgan fingerprint density at radius 3 is 2.69 bits per heavy atom. The average molecular weight is 439 g/mol. The first-order valence-electron chi connectivity index (χ1n) is 9.84. The lowest BCUT2D eigenvalue weighted by Crippen LogP contribution is -2.36. The Morgan fingerprint density at radius 1 is 1.17 bits per heavy atom. The monoisotopic (exact) mass is 438 g/mol. The van der Waals surface area contributed by atoms with E-state index in [9.17, 15) is 12.8 Å². The molecule has 0 unspecified atom stereocenters. The van der Waals surface area contributed by atoms with Crippen LogP contribution < -0.4 is 10.6 Å². The van der Waals surface area contributed by atoms with Crippen LogP contribution in [-0.4, -0.2) is 38.3 Å². The van der Waals surface area contributed by atoms with Gasteiger partial charge in [-0.05, 0) is 49.6 Å². The number of thiophene rings is 1. The van der Waals surface area contributed by atoms with E-state index in [4.69, 9.17) is 0 Å².